The van der Waals surface area contributed by atoms with Crippen molar-refractivity contribution >= 4 is 47.8 Å². The number of hydrogen-bond donors (Lipinski definition) is 5. The van der Waals surface area contributed by atoms with Crippen LogP contribution in [0.2, 0.25) is 0 Å². The number of likely N-dealkylation sites (tertiary alicyclic amines) is 1. The fourth-order valence-electron chi connectivity index (χ4n) is 5.12. The predicted octanol–water partition coefficient (Wildman–Crippen LogP) is -0.177. The number of nitrogens with one attached hydrogen (secondary N) is 3. The highest BCUT2D eigenvalue weighted by molar-refractivity contribution is 8.03. The zero-order valence-electron chi connectivity index (χ0n) is 18.2. The predicted molar refractivity (Wildman–Crippen MR) is 122 cm³/mol. The maximum absolute atomic E-state index is 12.7. The molecule has 32 heavy (non-hydrogen) atoms. The van der Waals surface area contributed by atoms with Crippen molar-refractivity contribution in [2.75, 3.05) is 19.6 Å². The summed E-state index contributed by atoms with van der Waals surface area (Å²) in [5, 5.41) is 33.5. The molecule has 0 aromatic heterocycles. The van der Waals surface area contributed by atoms with E-state index in [1.165, 1.54) is 16.7 Å². The topological polar surface area (TPSA) is 146 Å². The minimum absolute atomic E-state index is 0. The van der Waals surface area contributed by atoms with Gasteiger partial charge in [0.25, 0.3) is 0 Å². The van der Waals surface area contributed by atoms with E-state index in [1.807, 2.05) is 6.92 Å². The van der Waals surface area contributed by atoms with E-state index in [0.717, 1.165) is 0 Å². The largest absolute Gasteiger partial charge is 0.477 e. The van der Waals surface area contributed by atoms with Gasteiger partial charge in [0.15, 0.2) is 0 Å². The number of fused-ring (bicyclic) bond motifs is 1. The average molecular weight is 488 g/mol. The molecule has 0 unspecified atom stereocenters. The molecule has 0 aromatic rings. The van der Waals surface area contributed by atoms with Crippen LogP contribution in [-0.2, 0) is 14.4 Å². The number of hydrogen-bond acceptors (Lipinski definition) is 7. The summed E-state index contributed by atoms with van der Waals surface area (Å²) in [6, 6.07) is -0.510. The van der Waals surface area contributed by atoms with Gasteiger partial charge in [-0.3, -0.25) is 15.0 Å². The summed E-state index contributed by atoms with van der Waals surface area (Å²) >= 11 is 1.44. The number of carbonyl (C=O) groups is 3. The Bertz CT molecular complexity index is 861. The molecule has 3 fully saturated rings. The van der Waals surface area contributed by atoms with Gasteiger partial charge in [-0.15, -0.1) is 24.2 Å². The number of carbonyl (C=O) groups excluding carboxylic acids is 2. The van der Waals surface area contributed by atoms with Gasteiger partial charge in [0.1, 0.15) is 5.70 Å². The summed E-state index contributed by atoms with van der Waals surface area (Å²) in [7, 11) is 0. The molecule has 0 saturated carbocycles. The number of nitrogens with zero attached hydrogens (tertiary/aromatic N) is 2. The molecular weight excluding hydrogens is 458 g/mol. The number of thioether (sulfide) groups is 1. The van der Waals surface area contributed by atoms with Gasteiger partial charge in [-0.1, -0.05) is 6.92 Å². The Morgan fingerprint density at radius 1 is 1.34 bits per heavy atom. The molecule has 4 heterocycles. The summed E-state index contributed by atoms with van der Waals surface area (Å²) in [6.45, 7) is 6.88. The molecule has 12 heteroatoms. The van der Waals surface area contributed by atoms with E-state index in [1.54, 1.807) is 18.7 Å². The molecule has 0 aliphatic carbocycles. The highest BCUT2D eigenvalue weighted by Gasteiger charge is 2.60. The summed E-state index contributed by atoms with van der Waals surface area (Å²) < 4.78 is 0. The Labute approximate surface area is 197 Å². The third kappa shape index (κ3) is 4.11. The second-order valence-electron chi connectivity index (χ2n) is 8.92. The summed E-state index contributed by atoms with van der Waals surface area (Å²) in [5.41, 5.74) is 0.0258. The zero-order chi connectivity index (χ0) is 22.6. The lowest BCUT2D eigenvalue weighted by molar-refractivity contribution is -0.163. The summed E-state index contributed by atoms with van der Waals surface area (Å²) in [6.07, 6.45) is -0.236. The molecule has 0 aromatic carbocycles. The molecule has 0 spiro atoms. The summed E-state index contributed by atoms with van der Waals surface area (Å²) in [5.74, 6) is -1.79. The van der Waals surface area contributed by atoms with E-state index in [-0.39, 0.29) is 59.2 Å². The maximum atomic E-state index is 12.7. The third-order valence-corrected chi connectivity index (χ3v) is 8.12. The molecule has 178 valence electrons. The van der Waals surface area contributed by atoms with Gasteiger partial charge in [0, 0.05) is 35.7 Å². The van der Waals surface area contributed by atoms with E-state index >= 15 is 0 Å². The Balaban J connectivity index is 0.00000289. The first-order valence-corrected chi connectivity index (χ1v) is 11.5. The Morgan fingerprint density at radius 2 is 2.00 bits per heavy atom. The van der Waals surface area contributed by atoms with Crippen LogP contribution in [0.25, 0.3) is 0 Å². The number of aliphatic carboxylic acids is 1. The molecule has 5 N–H and O–H groups in total. The number of aliphatic hydroxyl groups is 1. The highest BCUT2D eigenvalue weighted by Crippen LogP contribution is 2.51. The molecule has 4 rings (SSSR count). The third-order valence-electron chi connectivity index (χ3n) is 6.61. The molecule has 10 nitrogen and oxygen atoms in total. The van der Waals surface area contributed by atoms with Gasteiger partial charge in [0.2, 0.25) is 11.8 Å². The molecule has 6 atom stereocenters. The van der Waals surface area contributed by atoms with Crippen LogP contribution < -0.4 is 10.6 Å². The second kappa shape index (κ2) is 9.20. The van der Waals surface area contributed by atoms with E-state index in [4.69, 9.17) is 5.41 Å². The Hall–Kier alpha value is -1.82. The van der Waals surface area contributed by atoms with Gasteiger partial charge in [-0.05, 0) is 20.3 Å². The molecule has 4 aliphatic heterocycles. The SMILES string of the molecule is CC(=N)NC1CN(C(=O)[C@@H]2C[C@H](SC3=C(C(=O)O)N4C(=O)[C@H]([C@@H](C)O)[C@H]4[C@H]3C)CN2)C1.Cl. The van der Waals surface area contributed by atoms with Crippen molar-refractivity contribution in [1.29, 1.82) is 5.41 Å². The molecule has 2 amide bonds. The highest BCUT2D eigenvalue weighted by atomic mass is 35.5. The van der Waals surface area contributed by atoms with Crippen molar-refractivity contribution in [1.82, 2.24) is 20.4 Å². The number of halogens is 1. The van der Waals surface area contributed by atoms with Crippen molar-refractivity contribution in [3.63, 3.8) is 0 Å². The summed E-state index contributed by atoms with van der Waals surface area (Å²) in [4.78, 5) is 40.9. The van der Waals surface area contributed by atoms with Crippen LogP contribution in [0, 0.1) is 17.2 Å². The minimum atomic E-state index is -1.13. The standard InChI is InChI=1S/C20H29N5O5S.ClH/c1-8-15-14(9(2)26)19(28)25(15)16(20(29)30)17(8)31-12-4-13(22-5-12)18(27)24-6-11(7-24)23-10(3)21;/h8-9,11-15,22,26H,4-7H2,1-3H3,(H2,21,23)(H,29,30);1H/t8-,9-,12+,13+,14-,15-;/m1./s1. The van der Waals surface area contributed by atoms with Crippen molar-refractivity contribution in [2.45, 2.75) is 56.7 Å². The monoisotopic (exact) mass is 487 g/mol. The van der Waals surface area contributed by atoms with Gasteiger partial charge < -0.3 is 30.6 Å². The number of amidine groups is 1. The molecule has 0 bridgehead atoms. The molecule has 3 saturated heterocycles. The molecule has 0 radical (unpaired) electrons. The fraction of sp³-hybridized carbons (Fsp3) is 0.700. The van der Waals surface area contributed by atoms with Crippen LogP contribution in [0.3, 0.4) is 0 Å². The Kier molecular flexibility index (Phi) is 7.14. The van der Waals surface area contributed by atoms with E-state index in [9.17, 15) is 24.6 Å². The Morgan fingerprint density at radius 3 is 2.56 bits per heavy atom. The van der Waals surface area contributed by atoms with Crippen LogP contribution in [0.4, 0.5) is 0 Å². The van der Waals surface area contributed by atoms with E-state index in [2.05, 4.69) is 10.6 Å². The number of amides is 2. The number of carboxylic acids is 1. The van der Waals surface area contributed by atoms with Crippen LogP contribution in [0.15, 0.2) is 10.6 Å². The van der Waals surface area contributed by atoms with Crippen molar-refractivity contribution < 1.29 is 24.6 Å². The lowest BCUT2D eigenvalue weighted by atomic mass is 9.79. The number of β-lactam (4-membered cyclic amide) rings is 1. The smallest absolute Gasteiger partial charge is 0.353 e. The first-order valence-electron chi connectivity index (χ1n) is 10.6. The van der Waals surface area contributed by atoms with Crippen LogP contribution in [-0.4, -0.2) is 92.7 Å². The van der Waals surface area contributed by atoms with Gasteiger partial charge in [-0.25, -0.2) is 4.79 Å². The van der Waals surface area contributed by atoms with Crippen molar-refractivity contribution in [3.8, 4) is 0 Å². The maximum Gasteiger partial charge on any atom is 0.353 e. The quantitative estimate of drug-likeness (QED) is 0.197. The normalized spacial score (nSPS) is 32.6. The number of aliphatic hydroxyl groups excluding tert-OH is 1. The number of carboxylic acid groups (broad SMARTS) is 1. The van der Waals surface area contributed by atoms with Crippen LogP contribution in [0.1, 0.15) is 27.2 Å². The lowest BCUT2D eigenvalue weighted by Gasteiger charge is -2.46. The van der Waals surface area contributed by atoms with Crippen molar-refractivity contribution in [3.05, 3.63) is 10.6 Å². The lowest BCUT2D eigenvalue weighted by Crippen LogP contribution is -2.63. The zero-order valence-corrected chi connectivity index (χ0v) is 19.8. The van der Waals surface area contributed by atoms with Gasteiger partial charge >= 0.3 is 5.97 Å². The first-order chi connectivity index (χ1) is 14.6. The van der Waals surface area contributed by atoms with E-state index < -0.39 is 18.0 Å². The average Bonchev–Trinajstić information content (AvgIpc) is 3.19. The number of rotatable bonds is 6. The molecule has 4 aliphatic rings. The second-order valence-corrected chi connectivity index (χ2v) is 10.3. The molecular formula is C20H30ClN5O5S. The van der Waals surface area contributed by atoms with Crippen molar-refractivity contribution in [2.24, 2.45) is 11.8 Å². The van der Waals surface area contributed by atoms with Gasteiger partial charge in [0.05, 0.1) is 36.0 Å². The van der Waals surface area contributed by atoms with Gasteiger partial charge in [-0.2, -0.15) is 0 Å². The van der Waals surface area contributed by atoms with Crippen LogP contribution in [0.5, 0.6) is 0 Å². The van der Waals surface area contributed by atoms with Crippen LogP contribution >= 0.6 is 24.2 Å². The first kappa shape index (κ1) is 24.8. The minimum Gasteiger partial charge on any atom is -0.477 e. The fourth-order valence-corrected chi connectivity index (χ4v) is 6.59. The van der Waals surface area contributed by atoms with E-state index in [0.29, 0.717) is 36.8 Å².